The molecule has 4 atom stereocenters. The predicted molar refractivity (Wildman–Crippen MR) is 92.8 cm³/mol. The summed E-state index contributed by atoms with van der Waals surface area (Å²) in [5.41, 5.74) is 4.47. The largest absolute Gasteiger partial charge is 0.630 e. The number of nitrogens with two attached hydrogens (primary N) is 1. The van der Waals surface area contributed by atoms with E-state index in [9.17, 15) is 24.7 Å². The van der Waals surface area contributed by atoms with E-state index in [1.54, 1.807) is 0 Å². The van der Waals surface area contributed by atoms with Gasteiger partial charge in [-0.15, -0.1) is 0 Å². The van der Waals surface area contributed by atoms with Gasteiger partial charge in [-0.2, -0.15) is 0 Å². The molecule has 0 bridgehead atoms. The van der Waals surface area contributed by atoms with Crippen LogP contribution in [0.3, 0.4) is 0 Å². The number of ether oxygens (including phenoxy) is 1. The Hall–Kier alpha value is -1.35. The summed E-state index contributed by atoms with van der Waals surface area (Å²) >= 11 is 0. The lowest BCUT2D eigenvalue weighted by molar-refractivity contribution is -0.153. The Kier molecular flexibility index (Phi) is 7.06. The van der Waals surface area contributed by atoms with Gasteiger partial charge in [0.25, 0.3) is 5.56 Å². The van der Waals surface area contributed by atoms with Crippen LogP contribution in [0.4, 0.5) is 0 Å². The van der Waals surface area contributed by atoms with Crippen LogP contribution in [-0.4, -0.2) is 56.6 Å². The number of aromatic nitrogens is 2. The van der Waals surface area contributed by atoms with Crippen LogP contribution >= 0.6 is 7.77 Å². The summed E-state index contributed by atoms with van der Waals surface area (Å²) in [5.74, 6) is 0. The normalized spacial score (nSPS) is 25.4. The summed E-state index contributed by atoms with van der Waals surface area (Å²) in [6.07, 6.45) is 0.625. The summed E-state index contributed by atoms with van der Waals surface area (Å²) in [4.78, 5) is 38.5. The van der Waals surface area contributed by atoms with Crippen LogP contribution in [0.1, 0.15) is 31.1 Å². The SMILES string of the molecule is Cc1cn([C@@H]2O[C@H](CO)[C@@H](O)C2=[P+]([O-])CCCCCN)c(=O)[nH]c1=O. The molecule has 1 aliphatic heterocycles. The van der Waals surface area contributed by atoms with E-state index in [4.69, 9.17) is 10.5 Å². The summed E-state index contributed by atoms with van der Waals surface area (Å²) in [7, 11) is -1.97. The van der Waals surface area contributed by atoms with E-state index in [1.807, 2.05) is 0 Å². The monoisotopic (exact) mass is 373 g/mol. The Morgan fingerprint density at radius 2 is 2.12 bits per heavy atom. The molecule has 0 radical (unpaired) electrons. The molecular weight excluding hydrogens is 349 g/mol. The molecule has 0 saturated carbocycles. The average Bonchev–Trinajstić information content (AvgIpc) is 2.91. The lowest BCUT2D eigenvalue weighted by Gasteiger charge is -2.15. The van der Waals surface area contributed by atoms with Crippen molar-refractivity contribution in [2.45, 2.75) is 44.6 Å². The Morgan fingerprint density at radius 3 is 2.76 bits per heavy atom. The second-order valence-electron chi connectivity index (χ2n) is 6.01. The van der Waals surface area contributed by atoms with E-state index in [0.29, 0.717) is 19.1 Å². The van der Waals surface area contributed by atoms with Gasteiger partial charge in [-0.1, -0.05) is 0 Å². The Morgan fingerprint density at radius 1 is 1.40 bits per heavy atom. The van der Waals surface area contributed by atoms with Gasteiger partial charge >= 0.3 is 5.69 Å². The molecule has 1 unspecified atom stereocenters. The van der Waals surface area contributed by atoms with Crippen molar-refractivity contribution >= 4 is 13.1 Å². The van der Waals surface area contributed by atoms with Crippen molar-refractivity contribution in [1.29, 1.82) is 0 Å². The fourth-order valence-electron chi connectivity index (χ4n) is 2.73. The van der Waals surface area contributed by atoms with Gasteiger partial charge in [0, 0.05) is 11.8 Å². The quantitative estimate of drug-likeness (QED) is 0.323. The summed E-state index contributed by atoms with van der Waals surface area (Å²) in [6, 6.07) is 0. The number of rotatable bonds is 7. The molecule has 9 nitrogen and oxygen atoms in total. The highest BCUT2D eigenvalue weighted by molar-refractivity contribution is 7.52. The summed E-state index contributed by atoms with van der Waals surface area (Å²) < 4.78 is 6.64. The number of unbranched alkanes of at least 4 members (excludes halogenated alkanes) is 2. The number of nitrogens with one attached hydrogen (secondary N) is 1. The fourth-order valence-corrected chi connectivity index (χ4v) is 4.40. The predicted octanol–water partition coefficient (Wildman–Crippen LogP) is -1.85. The summed E-state index contributed by atoms with van der Waals surface area (Å²) in [5, 5.41) is 19.9. The number of aryl methyl sites for hydroxylation is 1. The van der Waals surface area contributed by atoms with Gasteiger partial charge in [0.2, 0.25) is 6.23 Å². The molecule has 1 aromatic rings. The van der Waals surface area contributed by atoms with E-state index in [0.717, 1.165) is 17.4 Å². The molecule has 10 heteroatoms. The first-order valence-electron chi connectivity index (χ1n) is 8.18. The van der Waals surface area contributed by atoms with E-state index >= 15 is 0 Å². The highest BCUT2D eigenvalue weighted by Gasteiger charge is 2.45. The molecule has 1 aromatic heterocycles. The minimum atomic E-state index is -1.97. The number of nitrogens with zero attached hydrogens (tertiary/aromatic N) is 1. The molecule has 1 fully saturated rings. The van der Waals surface area contributed by atoms with Crippen molar-refractivity contribution in [1.82, 2.24) is 9.55 Å². The minimum Gasteiger partial charge on any atom is -0.630 e. The zero-order valence-electron chi connectivity index (χ0n) is 14.1. The molecule has 0 aliphatic carbocycles. The molecule has 140 valence electrons. The first kappa shape index (κ1) is 20.0. The third kappa shape index (κ3) is 4.44. The minimum absolute atomic E-state index is 0.162. The number of hydrogen-bond acceptors (Lipinski definition) is 7. The standard InChI is InChI=1S/C15H24N3O6P/c1-9-7-18(15(22)17-13(9)21)14-12(11(20)10(8-19)24-14)25(23)6-4-2-3-5-16/h7,10-11,14,19-20H,2-6,8,16H2,1H3,(H,17,21,22)/t10-,11-,14-/m1/s1. The molecule has 1 aliphatic rings. The van der Waals surface area contributed by atoms with Crippen LogP contribution in [0.5, 0.6) is 0 Å². The van der Waals surface area contributed by atoms with E-state index in [-0.39, 0.29) is 10.9 Å². The van der Waals surface area contributed by atoms with Crippen molar-refractivity contribution in [2.75, 3.05) is 19.3 Å². The number of H-pyrrole nitrogens is 1. The molecule has 5 N–H and O–H groups in total. The maximum atomic E-state index is 12.7. The van der Waals surface area contributed by atoms with E-state index < -0.39 is 44.1 Å². The number of hydrogen-bond donors (Lipinski definition) is 4. The van der Waals surface area contributed by atoms with E-state index in [2.05, 4.69) is 4.98 Å². The van der Waals surface area contributed by atoms with Gasteiger partial charge in [0.1, 0.15) is 18.4 Å². The van der Waals surface area contributed by atoms with E-state index in [1.165, 1.54) is 13.1 Å². The first-order chi connectivity index (χ1) is 11.9. The number of aliphatic hydroxyl groups excluding tert-OH is 2. The highest BCUT2D eigenvalue weighted by Crippen LogP contribution is 2.34. The van der Waals surface area contributed by atoms with Gasteiger partial charge in [-0.25, -0.2) is 4.79 Å². The summed E-state index contributed by atoms with van der Waals surface area (Å²) in [6.45, 7) is 1.60. The van der Waals surface area contributed by atoms with Crippen molar-refractivity contribution in [3.05, 3.63) is 32.6 Å². The van der Waals surface area contributed by atoms with Crippen molar-refractivity contribution in [3.8, 4) is 0 Å². The second kappa shape index (κ2) is 8.84. The van der Waals surface area contributed by atoms with Crippen LogP contribution in [0, 0.1) is 6.92 Å². The van der Waals surface area contributed by atoms with Crippen LogP contribution in [-0.2, 0) is 4.74 Å². The zero-order chi connectivity index (χ0) is 18.6. The zero-order valence-corrected chi connectivity index (χ0v) is 14.9. The van der Waals surface area contributed by atoms with Crippen LogP contribution in [0.25, 0.3) is 0 Å². The van der Waals surface area contributed by atoms with Gasteiger partial charge in [-0.05, 0) is 32.7 Å². The van der Waals surface area contributed by atoms with Crippen molar-refractivity contribution in [3.63, 3.8) is 0 Å². The first-order valence-corrected chi connectivity index (χ1v) is 9.63. The Bertz CT molecular complexity index is 744. The van der Waals surface area contributed by atoms with Gasteiger partial charge in [0.05, 0.1) is 14.4 Å². The molecular formula is C15H24N3O6P. The molecule has 25 heavy (non-hydrogen) atoms. The molecule has 0 aromatic carbocycles. The molecule has 2 rings (SSSR count). The smallest absolute Gasteiger partial charge is 0.330 e. The second-order valence-corrected chi connectivity index (χ2v) is 7.73. The highest BCUT2D eigenvalue weighted by atomic mass is 31.1. The molecule has 0 spiro atoms. The van der Waals surface area contributed by atoms with Gasteiger partial charge < -0.3 is 25.6 Å². The molecule has 0 amide bonds. The fraction of sp³-hybridized carbons (Fsp3) is 0.667. The van der Waals surface area contributed by atoms with Crippen LogP contribution < -0.4 is 21.9 Å². The maximum Gasteiger partial charge on any atom is 0.330 e. The van der Waals surface area contributed by atoms with Crippen LogP contribution in [0.2, 0.25) is 0 Å². The molecule has 2 heterocycles. The Balaban J connectivity index is 2.38. The maximum absolute atomic E-state index is 12.7. The average molecular weight is 373 g/mol. The molecule has 1 saturated heterocycles. The Labute approximate surface area is 145 Å². The third-order valence-electron chi connectivity index (χ3n) is 4.14. The van der Waals surface area contributed by atoms with Crippen molar-refractivity contribution in [2.24, 2.45) is 5.73 Å². The van der Waals surface area contributed by atoms with Gasteiger partial charge in [-0.3, -0.25) is 14.3 Å². The topological polar surface area (TPSA) is 154 Å². The lowest BCUT2D eigenvalue weighted by Crippen LogP contribution is -2.36. The van der Waals surface area contributed by atoms with Gasteiger partial charge in [0.15, 0.2) is 5.29 Å². The van der Waals surface area contributed by atoms with Crippen molar-refractivity contribution < 1.29 is 19.8 Å². The number of aromatic amines is 1. The lowest BCUT2D eigenvalue weighted by atomic mass is 10.2. The number of aliphatic hydroxyl groups is 2. The van der Waals surface area contributed by atoms with Crippen LogP contribution in [0.15, 0.2) is 15.8 Å². The third-order valence-corrected chi connectivity index (χ3v) is 5.93.